The molecule has 1 aliphatic carbocycles. The number of benzene rings is 1. The minimum Gasteiger partial charge on any atom is -0.490 e. The van der Waals surface area contributed by atoms with Crippen molar-refractivity contribution in [2.24, 2.45) is 0 Å². The Morgan fingerprint density at radius 1 is 1.18 bits per heavy atom. The molecule has 0 aliphatic heterocycles. The quantitative estimate of drug-likeness (QED) is 0.366. The number of amides is 1. The Bertz CT molecular complexity index is 703. The van der Waals surface area contributed by atoms with Crippen LogP contribution in [0, 0.1) is 11.3 Å². The van der Waals surface area contributed by atoms with E-state index in [4.69, 9.17) is 9.47 Å². The number of nitrogens with zero attached hydrogens (tertiary/aromatic N) is 1. The van der Waals surface area contributed by atoms with Gasteiger partial charge in [0.05, 0.1) is 13.2 Å². The lowest BCUT2D eigenvalue weighted by atomic mass is 9.95. The molecule has 1 aromatic rings. The summed E-state index contributed by atoms with van der Waals surface area (Å²) in [5.74, 6) is 1.19. The number of carbonyl (C=O) groups excluding carboxylic acids is 1. The molecule has 1 aliphatic rings. The van der Waals surface area contributed by atoms with Crippen LogP contribution in [0.1, 0.15) is 51.5 Å². The molecule has 6 nitrogen and oxygen atoms in total. The van der Waals surface area contributed by atoms with E-state index in [0.29, 0.717) is 19.8 Å². The van der Waals surface area contributed by atoms with E-state index < -0.39 is 0 Å². The average Bonchev–Trinajstić information content (AvgIpc) is 2.71. The SMILES string of the molecule is CCOc1ccc(CCN/C=C(/C#N)C(=O)NC2CCCCC2)cc1OCC. The van der Waals surface area contributed by atoms with Gasteiger partial charge in [0.2, 0.25) is 0 Å². The van der Waals surface area contributed by atoms with E-state index in [2.05, 4.69) is 10.6 Å². The monoisotopic (exact) mass is 385 g/mol. The lowest BCUT2D eigenvalue weighted by Crippen LogP contribution is -2.37. The third-order valence-corrected chi connectivity index (χ3v) is 4.72. The van der Waals surface area contributed by atoms with E-state index in [-0.39, 0.29) is 17.5 Å². The van der Waals surface area contributed by atoms with E-state index in [1.807, 2.05) is 38.1 Å². The van der Waals surface area contributed by atoms with Gasteiger partial charge in [-0.05, 0) is 50.8 Å². The molecule has 1 aromatic carbocycles. The second-order valence-electron chi connectivity index (χ2n) is 6.83. The molecule has 0 saturated heterocycles. The lowest BCUT2D eigenvalue weighted by molar-refractivity contribution is -0.118. The summed E-state index contributed by atoms with van der Waals surface area (Å²) in [6, 6.07) is 8.07. The molecule has 0 atom stereocenters. The van der Waals surface area contributed by atoms with E-state index in [1.54, 1.807) is 0 Å². The van der Waals surface area contributed by atoms with Crippen LogP contribution in [0.5, 0.6) is 11.5 Å². The van der Waals surface area contributed by atoms with Crippen molar-refractivity contribution >= 4 is 5.91 Å². The first kappa shape index (κ1) is 21.6. The Labute approximate surface area is 167 Å². The maximum absolute atomic E-state index is 12.2. The van der Waals surface area contributed by atoms with E-state index in [9.17, 15) is 10.1 Å². The minimum atomic E-state index is -0.290. The topological polar surface area (TPSA) is 83.4 Å². The van der Waals surface area contributed by atoms with Crippen LogP contribution in [0.4, 0.5) is 0 Å². The number of nitriles is 1. The molecule has 1 saturated carbocycles. The van der Waals surface area contributed by atoms with Crippen LogP contribution < -0.4 is 20.1 Å². The average molecular weight is 386 g/mol. The summed E-state index contributed by atoms with van der Waals surface area (Å²) in [5.41, 5.74) is 1.21. The summed E-state index contributed by atoms with van der Waals surface area (Å²) < 4.78 is 11.2. The molecule has 0 aromatic heterocycles. The number of carbonyl (C=O) groups is 1. The van der Waals surface area contributed by atoms with Crippen molar-refractivity contribution in [3.63, 3.8) is 0 Å². The molecule has 0 bridgehead atoms. The molecule has 152 valence electrons. The van der Waals surface area contributed by atoms with Crippen LogP contribution in [-0.2, 0) is 11.2 Å². The summed E-state index contributed by atoms with van der Waals surface area (Å²) in [5, 5.41) is 15.3. The van der Waals surface area contributed by atoms with Crippen LogP contribution in [0.15, 0.2) is 30.0 Å². The van der Waals surface area contributed by atoms with Crippen LogP contribution in [0.3, 0.4) is 0 Å². The maximum atomic E-state index is 12.2. The summed E-state index contributed by atoms with van der Waals surface area (Å²) in [6.07, 6.45) is 7.75. The maximum Gasteiger partial charge on any atom is 0.263 e. The third kappa shape index (κ3) is 6.80. The number of hydrogen-bond donors (Lipinski definition) is 2. The number of hydrogen-bond acceptors (Lipinski definition) is 5. The predicted octanol–water partition coefficient (Wildman–Crippen LogP) is 3.47. The first-order valence-electron chi connectivity index (χ1n) is 10.2. The Hall–Kier alpha value is -2.68. The molecule has 0 radical (unpaired) electrons. The molecule has 0 spiro atoms. The van der Waals surface area contributed by atoms with Gasteiger partial charge >= 0.3 is 0 Å². The molecule has 6 heteroatoms. The summed E-state index contributed by atoms with van der Waals surface area (Å²) in [6.45, 7) is 5.66. The van der Waals surface area contributed by atoms with Crippen molar-refractivity contribution in [3.8, 4) is 17.6 Å². The smallest absolute Gasteiger partial charge is 0.263 e. The highest BCUT2D eigenvalue weighted by Crippen LogP contribution is 2.28. The molecule has 0 heterocycles. The van der Waals surface area contributed by atoms with E-state index in [0.717, 1.165) is 49.2 Å². The Kier molecular flexibility index (Phi) is 9.20. The Balaban J connectivity index is 1.86. The lowest BCUT2D eigenvalue weighted by Gasteiger charge is -2.22. The number of ether oxygens (including phenoxy) is 2. The summed E-state index contributed by atoms with van der Waals surface area (Å²) in [4.78, 5) is 12.2. The highest BCUT2D eigenvalue weighted by atomic mass is 16.5. The zero-order valence-corrected chi connectivity index (χ0v) is 16.9. The van der Waals surface area contributed by atoms with Crippen LogP contribution in [0.2, 0.25) is 0 Å². The standard InChI is InChI=1S/C22H31N3O3/c1-3-27-20-11-10-17(14-21(20)28-4-2)12-13-24-16-18(15-23)22(26)25-19-8-6-5-7-9-19/h10-11,14,16,19,24H,3-9,12-13H2,1-2H3,(H,25,26)/b18-16-. The van der Waals surface area contributed by atoms with Gasteiger partial charge in [-0.2, -0.15) is 5.26 Å². The van der Waals surface area contributed by atoms with Gasteiger partial charge in [-0.1, -0.05) is 25.3 Å². The van der Waals surface area contributed by atoms with Gasteiger partial charge < -0.3 is 20.1 Å². The number of nitrogens with one attached hydrogen (secondary N) is 2. The number of rotatable bonds is 10. The molecule has 1 amide bonds. The third-order valence-electron chi connectivity index (χ3n) is 4.72. The second-order valence-corrected chi connectivity index (χ2v) is 6.83. The normalized spacial score (nSPS) is 14.8. The first-order valence-corrected chi connectivity index (χ1v) is 10.2. The zero-order valence-electron chi connectivity index (χ0n) is 16.9. The van der Waals surface area contributed by atoms with E-state index in [1.165, 1.54) is 12.6 Å². The van der Waals surface area contributed by atoms with Crippen molar-refractivity contribution in [2.45, 2.75) is 58.4 Å². The second kappa shape index (κ2) is 11.9. The van der Waals surface area contributed by atoms with Crippen molar-refractivity contribution in [3.05, 3.63) is 35.5 Å². The highest BCUT2D eigenvalue weighted by Gasteiger charge is 2.17. The molecular weight excluding hydrogens is 354 g/mol. The van der Waals surface area contributed by atoms with Crippen molar-refractivity contribution in [2.75, 3.05) is 19.8 Å². The molecule has 0 unspecified atom stereocenters. The first-order chi connectivity index (χ1) is 13.7. The van der Waals surface area contributed by atoms with Gasteiger partial charge in [0, 0.05) is 18.8 Å². The minimum absolute atomic E-state index is 0.118. The molecule has 2 N–H and O–H groups in total. The van der Waals surface area contributed by atoms with E-state index >= 15 is 0 Å². The molecular formula is C22H31N3O3. The zero-order chi connectivity index (χ0) is 20.2. The molecule has 28 heavy (non-hydrogen) atoms. The van der Waals surface area contributed by atoms with Crippen molar-refractivity contribution in [1.29, 1.82) is 5.26 Å². The Morgan fingerprint density at radius 2 is 1.89 bits per heavy atom. The molecule has 1 fully saturated rings. The predicted molar refractivity (Wildman–Crippen MR) is 109 cm³/mol. The van der Waals surface area contributed by atoms with Gasteiger partial charge in [0.1, 0.15) is 11.6 Å². The van der Waals surface area contributed by atoms with Crippen LogP contribution in [0.25, 0.3) is 0 Å². The fraction of sp³-hybridized carbons (Fsp3) is 0.545. The van der Waals surface area contributed by atoms with Gasteiger partial charge in [0.25, 0.3) is 5.91 Å². The summed E-state index contributed by atoms with van der Waals surface area (Å²) in [7, 11) is 0. The summed E-state index contributed by atoms with van der Waals surface area (Å²) >= 11 is 0. The fourth-order valence-electron chi connectivity index (χ4n) is 3.30. The molecule has 2 rings (SSSR count). The highest BCUT2D eigenvalue weighted by molar-refractivity contribution is 5.97. The van der Waals surface area contributed by atoms with Crippen LogP contribution >= 0.6 is 0 Å². The van der Waals surface area contributed by atoms with Gasteiger partial charge in [0.15, 0.2) is 11.5 Å². The largest absolute Gasteiger partial charge is 0.490 e. The Morgan fingerprint density at radius 3 is 2.57 bits per heavy atom. The fourth-order valence-corrected chi connectivity index (χ4v) is 3.30. The van der Waals surface area contributed by atoms with Crippen molar-refractivity contribution < 1.29 is 14.3 Å². The van der Waals surface area contributed by atoms with Crippen molar-refractivity contribution in [1.82, 2.24) is 10.6 Å². The van der Waals surface area contributed by atoms with Crippen LogP contribution in [-0.4, -0.2) is 31.7 Å². The van der Waals surface area contributed by atoms with Gasteiger partial charge in [-0.15, -0.1) is 0 Å². The van der Waals surface area contributed by atoms with Gasteiger partial charge in [-0.25, -0.2) is 0 Å². The van der Waals surface area contributed by atoms with Gasteiger partial charge in [-0.3, -0.25) is 4.79 Å².